The van der Waals surface area contributed by atoms with Crippen molar-refractivity contribution in [3.63, 3.8) is 0 Å². The summed E-state index contributed by atoms with van der Waals surface area (Å²) >= 11 is 0. The van der Waals surface area contributed by atoms with E-state index in [0.717, 1.165) is 5.56 Å². The van der Waals surface area contributed by atoms with Crippen molar-refractivity contribution < 1.29 is 29.0 Å². The summed E-state index contributed by atoms with van der Waals surface area (Å²) in [6, 6.07) is 5.32. The molecule has 2 rings (SSSR count). The Bertz CT molecular complexity index is 792. The Morgan fingerprint density at radius 1 is 1.10 bits per heavy atom. The van der Waals surface area contributed by atoms with Gasteiger partial charge in [-0.3, -0.25) is 14.6 Å². The number of ketones is 2. The number of aliphatic carboxylic acids is 1. The molecular formula is C22H28NO6-. The van der Waals surface area contributed by atoms with Crippen molar-refractivity contribution in [2.24, 2.45) is 16.3 Å². The monoisotopic (exact) mass is 402 g/mol. The summed E-state index contributed by atoms with van der Waals surface area (Å²) < 4.78 is 11.2. The van der Waals surface area contributed by atoms with E-state index in [2.05, 4.69) is 4.99 Å². The first-order chi connectivity index (χ1) is 13.7. The van der Waals surface area contributed by atoms with Crippen LogP contribution < -0.4 is 14.6 Å². The van der Waals surface area contributed by atoms with Crippen LogP contribution in [0, 0.1) is 11.3 Å². The second-order valence-corrected chi connectivity index (χ2v) is 7.89. The number of rotatable bonds is 9. The molecule has 0 bridgehead atoms. The predicted octanol–water partition coefficient (Wildman–Crippen LogP) is 1.79. The molecule has 7 nitrogen and oxygen atoms in total. The molecule has 1 aromatic carbocycles. The van der Waals surface area contributed by atoms with Crippen LogP contribution in [0.4, 0.5) is 0 Å². The highest BCUT2D eigenvalue weighted by atomic mass is 16.5. The van der Waals surface area contributed by atoms with E-state index < -0.39 is 23.8 Å². The topological polar surface area (TPSA) is 105 Å². The Morgan fingerprint density at radius 3 is 2.24 bits per heavy atom. The summed E-state index contributed by atoms with van der Waals surface area (Å²) in [7, 11) is 0. The van der Waals surface area contributed by atoms with Gasteiger partial charge in [0.15, 0.2) is 11.5 Å². The second-order valence-electron chi connectivity index (χ2n) is 7.89. The van der Waals surface area contributed by atoms with Gasteiger partial charge in [0.1, 0.15) is 17.5 Å². The van der Waals surface area contributed by atoms with Gasteiger partial charge in [-0.25, -0.2) is 0 Å². The fourth-order valence-electron chi connectivity index (χ4n) is 3.59. The molecule has 0 heterocycles. The van der Waals surface area contributed by atoms with E-state index in [1.165, 1.54) is 0 Å². The number of carboxylic acid groups (broad SMARTS) is 1. The van der Waals surface area contributed by atoms with Gasteiger partial charge in [-0.2, -0.15) is 0 Å². The number of carboxylic acids is 1. The number of nitrogens with zero attached hydrogens (tertiary/aromatic N) is 1. The molecule has 0 spiro atoms. The molecule has 1 saturated carbocycles. The van der Waals surface area contributed by atoms with Crippen LogP contribution in [0.5, 0.6) is 11.5 Å². The molecule has 1 aromatic rings. The highest BCUT2D eigenvalue weighted by Gasteiger charge is 2.41. The molecule has 0 amide bonds. The lowest BCUT2D eigenvalue weighted by atomic mass is 9.69. The van der Waals surface area contributed by atoms with Crippen molar-refractivity contribution in [1.82, 2.24) is 0 Å². The summed E-state index contributed by atoms with van der Waals surface area (Å²) in [5.41, 5.74) is 0.608. The SMILES string of the molecule is CCOc1ccc(CC(=NCC(=O)[O-])C2C(=O)CC(C)(C)CC2=O)cc1OCC. The normalized spacial score (nSPS) is 17.3. The Labute approximate surface area is 171 Å². The van der Waals surface area contributed by atoms with Crippen molar-refractivity contribution >= 4 is 23.2 Å². The van der Waals surface area contributed by atoms with E-state index in [1.54, 1.807) is 18.2 Å². The van der Waals surface area contributed by atoms with Gasteiger partial charge in [0, 0.05) is 25.0 Å². The van der Waals surface area contributed by atoms with Crippen LogP contribution in [0.3, 0.4) is 0 Å². The van der Waals surface area contributed by atoms with Crippen molar-refractivity contribution in [3.05, 3.63) is 23.8 Å². The highest BCUT2D eigenvalue weighted by Crippen LogP contribution is 2.35. The average molecular weight is 402 g/mol. The van der Waals surface area contributed by atoms with Crippen LogP contribution in [0.1, 0.15) is 46.1 Å². The van der Waals surface area contributed by atoms with Crippen LogP contribution in [0.25, 0.3) is 0 Å². The van der Waals surface area contributed by atoms with E-state index >= 15 is 0 Å². The van der Waals surface area contributed by atoms with Gasteiger partial charge in [0.05, 0.1) is 25.7 Å². The zero-order chi connectivity index (χ0) is 21.6. The minimum Gasteiger partial charge on any atom is -0.548 e. The third-order valence-corrected chi connectivity index (χ3v) is 4.69. The van der Waals surface area contributed by atoms with Gasteiger partial charge in [0.2, 0.25) is 0 Å². The third-order valence-electron chi connectivity index (χ3n) is 4.69. The van der Waals surface area contributed by atoms with Crippen molar-refractivity contribution in [2.75, 3.05) is 19.8 Å². The van der Waals surface area contributed by atoms with Gasteiger partial charge in [0.25, 0.3) is 0 Å². The molecule has 0 radical (unpaired) electrons. The number of benzene rings is 1. The van der Waals surface area contributed by atoms with Crippen molar-refractivity contribution in [1.29, 1.82) is 0 Å². The van der Waals surface area contributed by atoms with Gasteiger partial charge >= 0.3 is 0 Å². The summed E-state index contributed by atoms with van der Waals surface area (Å²) in [5, 5.41) is 10.9. The minimum atomic E-state index is -1.36. The largest absolute Gasteiger partial charge is 0.548 e. The van der Waals surface area contributed by atoms with E-state index in [9.17, 15) is 19.5 Å². The summed E-state index contributed by atoms with van der Waals surface area (Å²) in [5.74, 6) is -1.67. The Morgan fingerprint density at radius 2 is 1.69 bits per heavy atom. The summed E-state index contributed by atoms with van der Waals surface area (Å²) in [6.07, 6.45) is 0.671. The van der Waals surface area contributed by atoms with E-state index in [1.807, 2.05) is 27.7 Å². The maximum Gasteiger partial charge on any atom is 0.161 e. The molecule has 0 unspecified atom stereocenters. The fraction of sp³-hybridized carbons (Fsp3) is 0.545. The standard InChI is InChI=1S/C22H29NO6/c1-5-28-18-8-7-14(10-19(18)29-6-2)9-15(23-13-20(26)27)21-16(24)11-22(3,4)12-17(21)25/h7-8,10,21H,5-6,9,11-13H2,1-4H3,(H,26,27)/p-1. The number of ether oxygens (including phenoxy) is 2. The van der Waals surface area contributed by atoms with Gasteiger partial charge in [-0.1, -0.05) is 19.9 Å². The average Bonchev–Trinajstić information content (AvgIpc) is 2.60. The number of hydrogen-bond acceptors (Lipinski definition) is 7. The molecule has 0 atom stereocenters. The number of carbonyl (C=O) groups is 3. The van der Waals surface area contributed by atoms with Crippen LogP contribution in [-0.2, 0) is 20.8 Å². The molecule has 0 aliphatic heterocycles. The lowest BCUT2D eigenvalue weighted by molar-refractivity contribution is -0.303. The molecule has 1 fully saturated rings. The zero-order valence-electron chi connectivity index (χ0n) is 17.4. The molecule has 0 N–H and O–H groups in total. The molecule has 29 heavy (non-hydrogen) atoms. The molecule has 0 aromatic heterocycles. The van der Waals surface area contributed by atoms with Crippen LogP contribution in [0.15, 0.2) is 23.2 Å². The zero-order valence-corrected chi connectivity index (χ0v) is 17.4. The van der Waals surface area contributed by atoms with Gasteiger partial charge in [-0.05, 0) is 37.0 Å². The number of hydrogen-bond donors (Lipinski definition) is 0. The van der Waals surface area contributed by atoms with Gasteiger partial charge in [-0.15, -0.1) is 0 Å². The molecule has 7 heteroatoms. The number of aliphatic imine (C=N–C) groups is 1. The first-order valence-electron chi connectivity index (χ1n) is 9.84. The van der Waals surface area contributed by atoms with E-state index in [-0.39, 0.29) is 36.5 Å². The molecule has 0 saturated heterocycles. The van der Waals surface area contributed by atoms with Gasteiger partial charge < -0.3 is 19.4 Å². The first kappa shape index (κ1) is 22.6. The lowest BCUT2D eigenvalue weighted by Gasteiger charge is -2.32. The van der Waals surface area contributed by atoms with Crippen LogP contribution in [0.2, 0.25) is 0 Å². The Hall–Kier alpha value is -2.70. The maximum absolute atomic E-state index is 12.7. The molecular weight excluding hydrogens is 374 g/mol. The fourth-order valence-corrected chi connectivity index (χ4v) is 3.59. The predicted molar refractivity (Wildman–Crippen MR) is 106 cm³/mol. The minimum absolute atomic E-state index is 0.169. The Kier molecular flexibility index (Phi) is 7.53. The quantitative estimate of drug-likeness (QED) is 0.461. The van der Waals surface area contributed by atoms with Crippen molar-refractivity contribution in [3.8, 4) is 11.5 Å². The van der Waals surface area contributed by atoms with E-state index in [0.29, 0.717) is 24.7 Å². The number of Topliss-reactive ketones (excluding diaryl/α,β-unsaturated/α-hetero) is 2. The maximum atomic E-state index is 12.7. The Balaban J connectivity index is 2.36. The molecule has 1 aliphatic rings. The second kappa shape index (κ2) is 9.67. The number of carbonyl (C=O) groups excluding carboxylic acids is 3. The molecule has 158 valence electrons. The molecule has 1 aliphatic carbocycles. The third kappa shape index (κ3) is 6.14. The first-order valence-corrected chi connectivity index (χ1v) is 9.84. The summed E-state index contributed by atoms with van der Waals surface area (Å²) in [4.78, 5) is 40.4. The summed E-state index contributed by atoms with van der Waals surface area (Å²) in [6.45, 7) is 7.82. The van der Waals surface area contributed by atoms with Crippen LogP contribution >= 0.6 is 0 Å². The van der Waals surface area contributed by atoms with E-state index in [4.69, 9.17) is 9.47 Å². The lowest BCUT2D eigenvalue weighted by Crippen LogP contribution is -2.43. The smallest absolute Gasteiger partial charge is 0.161 e. The highest BCUT2D eigenvalue weighted by molar-refractivity contribution is 6.23. The van der Waals surface area contributed by atoms with Crippen molar-refractivity contribution in [2.45, 2.75) is 47.0 Å². The van der Waals surface area contributed by atoms with Crippen LogP contribution in [-0.4, -0.2) is 43.0 Å².